The van der Waals surface area contributed by atoms with Crippen LogP contribution < -0.4 is 10.2 Å². The van der Waals surface area contributed by atoms with Gasteiger partial charge in [0.2, 0.25) is 0 Å². The van der Waals surface area contributed by atoms with Crippen molar-refractivity contribution in [3.05, 3.63) is 65.4 Å². The van der Waals surface area contributed by atoms with Gasteiger partial charge < -0.3 is 9.88 Å². The van der Waals surface area contributed by atoms with Crippen LogP contribution in [0, 0.1) is 0 Å². The van der Waals surface area contributed by atoms with E-state index in [9.17, 15) is 4.79 Å². The van der Waals surface area contributed by atoms with E-state index in [1.54, 1.807) is 18.3 Å². The molecule has 2 N–H and O–H groups in total. The molecule has 1 aromatic carbocycles. The van der Waals surface area contributed by atoms with Crippen LogP contribution in [0.25, 0.3) is 0 Å². The summed E-state index contributed by atoms with van der Waals surface area (Å²) in [6.07, 6.45) is 3.97. The molecule has 24 heavy (non-hydrogen) atoms. The van der Waals surface area contributed by atoms with Gasteiger partial charge >= 0.3 is 0 Å². The molecular weight excluding hydrogens is 320 g/mol. The van der Waals surface area contributed by atoms with Crippen molar-refractivity contribution in [3.8, 4) is 0 Å². The Kier molecular flexibility index (Phi) is 4.04. The first-order valence-electron chi connectivity index (χ1n) is 8.03. The Bertz CT molecular complexity index is 813. The monoisotopic (exact) mass is 338 g/mol. The lowest BCUT2D eigenvalue weighted by Crippen LogP contribution is -2.22. The van der Waals surface area contributed by atoms with E-state index in [1.807, 2.05) is 6.07 Å². The molecule has 0 spiro atoms. The minimum atomic E-state index is -0.160. The van der Waals surface area contributed by atoms with Gasteiger partial charge in [-0.25, -0.2) is 4.98 Å². The van der Waals surface area contributed by atoms with Crippen LogP contribution in [0.4, 0.5) is 10.8 Å². The van der Waals surface area contributed by atoms with Gasteiger partial charge in [0.05, 0.1) is 11.7 Å². The highest BCUT2D eigenvalue weighted by atomic mass is 32.1. The van der Waals surface area contributed by atoms with Gasteiger partial charge in [0, 0.05) is 23.8 Å². The van der Waals surface area contributed by atoms with Crippen molar-refractivity contribution in [3.63, 3.8) is 0 Å². The molecule has 3 aromatic rings. The summed E-state index contributed by atoms with van der Waals surface area (Å²) in [6.45, 7) is 1.04. The van der Waals surface area contributed by atoms with Crippen LogP contribution in [0.3, 0.4) is 0 Å². The third-order valence-electron chi connectivity index (χ3n) is 4.27. The summed E-state index contributed by atoms with van der Waals surface area (Å²) in [7, 11) is 0. The zero-order valence-electron chi connectivity index (χ0n) is 13.1. The van der Waals surface area contributed by atoms with Gasteiger partial charge in [0.25, 0.3) is 5.91 Å². The minimum Gasteiger partial charge on any atom is -0.363 e. The first-order chi connectivity index (χ1) is 11.8. The van der Waals surface area contributed by atoms with Crippen LogP contribution >= 0.6 is 11.3 Å². The smallest absolute Gasteiger partial charge is 0.273 e. The minimum absolute atomic E-state index is 0.160. The molecule has 5 nitrogen and oxygen atoms in total. The number of thiazole rings is 1. The molecule has 1 aliphatic heterocycles. The number of nitrogens with one attached hydrogen (secondary N) is 2. The third kappa shape index (κ3) is 2.92. The van der Waals surface area contributed by atoms with Crippen molar-refractivity contribution in [1.82, 2.24) is 9.97 Å². The van der Waals surface area contributed by atoms with Gasteiger partial charge in [-0.05, 0) is 37.1 Å². The first kappa shape index (κ1) is 15.0. The van der Waals surface area contributed by atoms with Crippen LogP contribution in [-0.4, -0.2) is 22.4 Å². The molecule has 1 atom stereocenters. The van der Waals surface area contributed by atoms with E-state index in [0.717, 1.165) is 25.1 Å². The number of rotatable bonds is 4. The molecule has 0 radical (unpaired) electrons. The first-order valence-corrected chi connectivity index (χ1v) is 8.91. The molecule has 0 saturated carbocycles. The number of para-hydroxylation sites is 1. The molecule has 1 fully saturated rings. The van der Waals surface area contributed by atoms with Crippen molar-refractivity contribution in [1.29, 1.82) is 0 Å². The Morgan fingerprint density at radius 2 is 2.12 bits per heavy atom. The normalized spacial score (nSPS) is 17.2. The zero-order chi connectivity index (χ0) is 16.4. The van der Waals surface area contributed by atoms with Gasteiger partial charge in [-0.15, -0.1) is 11.3 Å². The molecule has 2 aromatic heterocycles. The molecule has 4 rings (SSSR count). The standard InChI is InChI=1S/C18H18N4OS/c23-17(14-8-4-10-19-14)21-18-20-15(12-24-18)16-9-5-11-22(16)13-6-2-1-3-7-13/h1-4,6-8,10,12,16,19H,5,9,11H2,(H,20,21,23)/t16-/m1/s1. The number of hydrogen-bond acceptors (Lipinski definition) is 4. The number of anilines is 2. The van der Waals surface area contributed by atoms with Crippen LogP contribution in [0.2, 0.25) is 0 Å². The number of carbonyl (C=O) groups excluding carboxylic acids is 1. The number of carbonyl (C=O) groups is 1. The largest absolute Gasteiger partial charge is 0.363 e. The average molecular weight is 338 g/mol. The SMILES string of the molecule is O=C(Nc1nc([C@H]2CCCN2c2ccccc2)cs1)c1ccc[nH]1. The highest BCUT2D eigenvalue weighted by Gasteiger charge is 2.28. The average Bonchev–Trinajstić information content (AvgIpc) is 3.36. The molecule has 1 saturated heterocycles. The van der Waals surface area contributed by atoms with Crippen molar-refractivity contribution in [2.45, 2.75) is 18.9 Å². The highest BCUT2D eigenvalue weighted by Crippen LogP contribution is 2.37. The number of H-pyrrole nitrogens is 1. The second-order valence-electron chi connectivity index (χ2n) is 5.80. The van der Waals surface area contributed by atoms with Crippen molar-refractivity contribution >= 4 is 28.1 Å². The molecule has 0 aliphatic carbocycles. The van der Waals surface area contributed by atoms with Gasteiger partial charge in [-0.3, -0.25) is 10.1 Å². The maximum absolute atomic E-state index is 12.1. The molecule has 6 heteroatoms. The van der Waals surface area contributed by atoms with Gasteiger partial charge in [0.1, 0.15) is 5.69 Å². The maximum Gasteiger partial charge on any atom is 0.273 e. The summed E-state index contributed by atoms with van der Waals surface area (Å²) < 4.78 is 0. The molecule has 1 amide bonds. The van der Waals surface area contributed by atoms with Gasteiger partial charge in [-0.1, -0.05) is 18.2 Å². The van der Waals surface area contributed by atoms with E-state index in [1.165, 1.54) is 17.0 Å². The summed E-state index contributed by atoms with van der Waals surface area (Å²) in [5.41, 5.74) is 2.80. The zero-order valence-corrected chi connectivity index (χ0v) is 13.9. The van der Waals surface area contributed by atoms with Gasteiger partial charge in [0.15, 0.2) is 5.13 Å². The fraction of sp³-hybridized carbons (Fsp3) is 0.222. The molecule has 122 valence electrons. The predicted molar refractivity (Wildman–Crippen MR) is 96.6 cm³/mol. The van der Waals surface area contributed by atoms with E-state index in [2.05, 4.69) is 49.8 Å². The number of amides is 1. The fourth-order valence-electron chi connectivity index (χ4n) is 3.14. The Morgan fingerprint density at radius 3 is 2.92 bits per heavy atom. The Balaban J connectivity index is 1.51. The summed E-state index contributed by atoms with van der Waals surface area (Å²) >= 11 is 1.48. The van der Waals surface area contributed by atoms with Crippen LogP contribution in [0.15, 0.2) is 54.0 Å². The summed E-state index contributed by atoms with van der Waals surface area (Å²) in [5.74, 6) is -0.160. The summed E-state index contributed by atoms with van der Waals surface area (Å²) in [6, 6.07) is 14.3. The quantitative estimate of drug-likeness (QED) is 0.754. The number of aromatic amines is 1. The molecular formula is C18H18N4OS. The summed E-state index contributed by atoms with van der Waals surface area (Å²) in [4.78, 5) is 22.1. The predicted octanol–water partition coefficient (Wildman–Crippen LogP) is 4.07. The van der Waals surface area contributed by atoms with Crippen molar-refractivity contribution in [2.24, 2.45) is 0 Å². The number of benzene rings is 1. The van der Waals surface area contributed by atoms with Crippen LogP contribution in [0.5, 0.6) is 0 Å². The topological polar surface area (TPSA) is 61.0 Å². The highest BCUT2D eigenvalue weighted by molar-refractivity contribution is 7.14. The van der Waals surface area contributed by atoms with Crippen molar-refractivity contribution < 1.29 is 4.79 Å². The molecule has 0 unspecified atom stereocenters. The van der Waals surface area contributed by atoms with Crippen LogP contribution in [0.1, 0.15) is 35.1 Å². The third-order valence-corrected chi connectivity index (χ3v) is 5.04. The fourth-order valence-corrected chi connectivity index (χ4v) is 3.89. The number of aromatic nitrogens is 2. The van der Waals surface area contributed by atoms with E-state index in [-0.39, 0.29) is 11.9 Å². The Hall–Kier alpha value is -2.60. The number of nitrogens with zero attached hydrogens (tertiary/aromatic N) is 2. The van der Waals surface area contributed by atoms with E-state index >= 15 is 0 Å². The summed E-state index contributed by atoms with van der Waals surface area (Å²) in [5, 5.41) is 5.56. The molecule has 3 heterocycles. The van der Waals surface area contributed by atoms with Crippen molar-refractivity contribution in [2.75, 3.05) is 16.8 Å². The number of hydrogen-bond donors (Lipinski definition) is 2. The second kappa shape index (κ2) is 6.49. The second-order valence-corrected chi connectivity index (χ2v) is 6.66. The lowest BCUT2D eigenvalue weighted by Gasteiger charge is -2.25. The lowest BCUT2D eigenvalue weighted by atomic mass is 10.1. The Morgan fingerprint density at radius 1 is 1.25 bits per heavy atom. The van der Waals surface area contributed by atoms with Gasteiger partial charge in [-0.2, -0.15) is 0 Å². The van der Waals surface area contributed by atoms with E-state index in [4.69, 9.17) is 0 Å². The maximum atomic E-state index is 12.1. The van der Waals surface area contributed by atoms with Crippen LogP contribution in [-0.2, 0) is 0 Å². The van der Waals surface area contributed by atoms with E-state index < -0.39 is 0 Å². The Labute approximate surface area is 144 Å². The molecule has 1 aliphatic rings. The molecule has 0 bridgehead atoms. The van der Waals surface area contributed by atoms with E-state index in [0.29, 0.717) is 10.8 Å². The lowest BCUT2D eigenvalue weighted by molar-refractivity contribution is 0.102.